The summed E-state index contributed by atoms with van der Waals surface area (Å²) in [7, 11) is 0. The largest absolute Gasteiger partial charge is 0.398 e. The molecule has 0 aromatic heterocycles. The highest BCUT2D eigenvalue weighted by molar-refractivity contribution is 6.27. The summed E-state index contributed by atoms with van der Waals surface area (Å²) in [4.78, 5) is 0. The fourth-order valence-electron chi connectivity index (χ4n) is 2.38. The number of hydrogen-bond donors (Lipinski definition) is 6. The number of nitrogens with zero attached hydrogens (tertiary/aromatic N) is 1. The third-order valence-electron chi connectivity index (χ3n) is 3.78. The fourth-order valence-corrected chi connectivity index (χ4v) is 2.38. The average molecular weight is 362 g/mol. The molecule has 9 heteroatoms. The first kappa shape index (κ1) is 19.3. The summed E-state index contributed by atoms with van der Waals surface area (Å²) >= 11 is 0. The Kier molecular flexibility index (Phi) is 5.83. The molecule has 1 atom stereocenters. The van der Waals surface area contributed by atoms with Crippen molar-refractivity contribution in [3.63, 3.8) is 0 Å². The number of allylic oxidation sites excluding steroid dienone is 1. The average Bonchev–Trinajstić information content (AvgIpc) is 3.01. The number of hydrazone groups is 1. The lowest BCUT2D eigenvalue weighted by atomic mass is 9.99. The first-order valence-corrected chi connectivity index (χ1v) is 7.95. The molecule has 2 rings (SSSR count). The molecule has 0 aliphatic carbocycles. The molecule has 0 spiro atoms. The lowest BCUT2D eigenvalue weighted by Gasteiger charge is -2.11. The van der Waals surface area contributed by atoms with Crippen LogP contribution in [0, 0.1) is 28.4 Å². The van der Waals surface area contributed by atoms with Gasteiger partial charge in [-0.05, 0) is 24.3 Å². The van der Waals surface area contributed by atoms with Gasteiger partial charge in [0.05, 0.1) is 11.3 Å². The van der Waals surface area contributed by atoms with Crippen LogP contribution in [0.25, 0.3) is 0 Å². The Bertz CT molecular complexity index is 824. The maximum absolute atomic E-state index is 13.9. The highest BCUT2D eigenvalue weighted by atomic mass is 19.1. The number of halogens is 2. The van der Waals surface area contributed by atoms with Gasteiger partial charge in [0, 0.05) is 23.2 Å². The van der Waals surface area contributed by atoms with E-state index in [9.17, 15) is 8.78 Å². The van der Waals surface area contributed by atoms with E-state index in [1.165, 1.54) is 6.08 Å². The monoisotopic (exact) mass is 362 g/mol. The first-order chi connectivity index (χ1) is 12.2. The van der Waals surface area contributed by atoms with Gasteiger partial charge in [0.1, 0.15) is 17.5 Å². The van der Waals surface area contributed by atoms with Gasteiger partial charge in [-0.2, -0.15) is 0 Å². The van der Waals surface area contributed by atoms with Crippen LogP contribution in [-0.2, 0) is 0 Å². The van der Waals surface area contributed by atoms with E-state index in [1.54, 1.807) is 6.08 Å². The van der Waals surface area contributed by atoms with Crippen LogP contribution in [0.1, 0.15) is 19.4 Å². The zero-order valence-corrected chi connectivity index (χ0v) is 14.5. The van der Waals surface area contributed by atoms with Gasteiger partial charge in [-0.15, -0.1) is 5.10 Å². The minimum Gasteiger partial charge on any atom is -0.398 e. The van der Waals surface area contributed by atoms with Crippen molar-refractivity contribution in [3.05, 3.63) is 58.8 Å². The second kappa shape index (κ2) is 7.87. The predicted molar refractivity (Wildman–Crippen MR) is 96.6 cm³/mol. The molecule has 7 nitrogen and oxygen atoms in total. The Balaban J connectivity index is 2.26. The Morgan fingerprint density at radius 1 is 1.31 bits per heavy atom. The predicted octanol–water partition coefficient (Wildman–Crippen LogP) is 0.500. The van der Waals surface area contributed by atoms with E-state index < -0.39 is 17.5 Å². The summed E-state index contributed by atoms with van der Waals surface area (Å²) in [6.07, 6.45) is 3.00. The van der Waals surface area contributed by atoms with Crippen LogP contribution in [0.4, 0.5) is 8.78 Å². The molecule has 0 amide bonds. The van der Waals surface area contributed by atoms with Crippen LogP contribution in [-0.4, -0.2) is 23.5 Å². The second-order valence-corrected chi connectivity index (χ2v) is 6.12. The zero-order valence-electron chi connectivity index (χ0n) is 14.5. The minimum absolute atomic E-state index is 0.0272. The standard InChI is InChI=1S/C17H21F2N7/c1-8(2)17-24-13(25-26-17)6-5-12(20)14(16(22)23)15(21)10-4-3-9(18)7-11(10)19/h3-8,13,21,25H,20H2,1-2H3,(H3,22,23)(H,24,26)/p+1. The Labute approximate surface area is 149 Å². The molecule has 1 aliphatic heterocycles. The number of nitrogens with two attached hydrogens (primary N) is 3. The van der Waals surface area contributed by atoms with Gasteiger partial charge in [0.25, 0.3) is 0 Å². The quantitative estimate of drug-likeness (QED) is 0.249. The molecule has 0 saturated carbocycles. The topological polar surface area (TPSA) is 141 Å². The van der Waals surface area contributed by atoms with Gasteiger partial charge in [-0.25, -0.2) is 14.2 Å². The molecule has 1 aromatic carbocycles. The molecule has 1 heterocycles. The Hall–Kier alpha value is -3.07. The third kappa shape index (κ3) is 4.31. The van der Waals surface area contributed by atoms with Crippen molar-refractivity contribution in [2.75, 3.05) is 0 Å². The van der Waals surface area contributed by atoms with Crippen molar-refractivity contribution in [1.29, 1.82) is 10.8 Å². The SMILES string of the molecule is CC(C)C1=NNC(C=CC(N)=C(C(=N)N)C(=N)c2ccc(F)cc2F)[NH2+]1. The molecule has 0 saturated heterocycles. The lowest BCUT2D eigenvalue weighted by Crippen LogP contribution is -2.93. The van der Waals surface area contributed by atoms with Gasteiger partial charge in [0.2, 0.25) is 5.84 Å². The molecule has 26 heavy (non-hydrogen) atoms. The maximum Gasteiger partial charge on any atom is 0.221 e. The molecule has 1 aliphatic rings. The van der Waals surface area contributed by atoms with Crippen LogP contribution in [0.15, 0.2) is 46.7 Å². The van der Waals surface area contributed by atoms with Crippen molar-refractivity contribution >= 4 is 17.4 Å². The number of hydrogen-bond acceptors (Lipinski definition) is 5. The molecule has 0 radical (unpaired) electrons. The smallest absolute Gasteiger partial charge is 0.221 e. The fraction of sp³-hybridized carbons (Fsp3) is 0.235. The Morgan fingerprint density at radius 3 is 2.54 bits per heavy atom. The summed E-state index contributed by atoms with van der Waals surface area (Å²) in [5.41, 5.74) is 13.7. The summed E-state index contributed by atoms with van der Waals surface area (Å²) in [6, 6.07) is 2.80. The van der Waals surface area contributed by atoms with Crippen LogP contribution in [0.2, 0.25) is 0 Å². The molecule has 138 valence electrons. The van der Waals surface area contributed by atoms with E-state index in [4.69, 9.17) is 22.3 Å². The van der Waals surface area contributed by atoms with E-state index in [0.717, 1.165) is 18.0 Å². The lowest BCUT2D eigenvalue weighted by molar-refractivity contribution is -0.567. The molecular formula is C17H22F2N7+. The van der Waals surface area contributed by atoms with E-state index >= 15 is 0 Å². The molecular weight excluding hydrogens is 340 g/mol. The maximum atomic E-state index is 13.9. The van der Waals surface area contributed by atoms with Crippen molar-refractivity contribution in [3.8, 4) is 0 Å². The number of benzene rings is 1. The highest BCUT2D eigenvalue weighted by Crippen LogP contribution is 2.16. The summed E-state index contributed by atoms with van der Waals surface area (Å²) < 4.78 is 27.0. The van der Waals surface area contributed by atoms with Crippen molar-refractivity contribution in [1.82, 2.24) is 5.43 Å². The summed E-state index contributed by atoms with van der Waals surface area (Å²) in [6.45, 7) is 4.04. The van der Waals surface area contributed by atoms with Gasteiger partial charge >= 0.3 is 0 Å². The van der Waals surface area contributed by atoms with Crippen molar-refractivity contribution < 1.29 is 14.1 Å². The van der Waals surface area contributed by atoms with E-state index in [-0.39, 0.29) is 34.6 Å². The highest BCUT2D eigenvalue weighted by Gasteiger charge is 2.22. The number of amidine groups is 2. The van der Waals surface area contributed by atoms with E-state index in [1.807, 2.05) is 19.2 Å². The normalized spacial score (nSPS) is 17.9. The first-order valence-electron chi connectivity index (χ1n) is 7.95. The van der Waals surface area contributed by atoms with Crippen molar-refractivity contribution in [2.45, 2.75) is 20.0 Å². The van der Waals surface area contributed by atoms with Gasteiger partial charge in [-0.3, -0.25) is 16.1 Å². The number of rotatable bonds is 6. The molecule has 0 fully saturated rings. The number of quaternary nitrogens is 1. The second-order valence-electron chi connectivity index (χ2n) is 6.12. The molecule has 1 aromatic rings. The number of nitrogens with one attached hydrogen (secondary N) is 3. The van der Waals surface area contributed by atoms with Gasteiger partial charge in [0.15, 0.2) is 6.17 Å². The third-order valence-corrected chi connectivity index (χ3v) is 3.78. The molecule has 9 N–H and O–H groups in total. The molecule has 0 bridgehead atoms. The van der Waals surface area contributed by atoms with Crippen LogP contribution in [0.5, 0.6) is 0 Å². The molecule has 1 unspecified atom stereocenters. The summed E-state index contributed by atoms with van der Waals surface area (Å²) in [5.74, 6) is -0.981. The summed E-state index contributed by atoms with van der Waals surface area (Å²) in [5, 5.41) is 21.9. The van der Waals surface area contributed by atoms with Crippen molar-refractivity contribution in [2.24, 2.45) is 22.5 Å². The van der Waals surface area contributed by atoms with Gasteiger partial charge in [-0.1, -0.05) is 13.8 Å². The van der Waals surface area contributed by atoms with E-state index in [0.29, 0.717) is 6.07 Å². The van der Waals surface area contributed by atoms with Crippen LogP contribution < -0.4 is 22.2 Å². The Morgan fingerprint density at radius 2 is 2.00 bits per heavy atom. The van der Waals surface area contributed by atoms with Crippen LogP contribution >= 0.6 is 0 Å². The zero-order chi connectivity index (χ0) is 19.4. The van der Waals surface area contributed by atoms with Crippen LogP contribution in [0.3, 0.4) is 0 Å². The van der Waals surface area contributed by atoms with Gasteiger partial charge < -0.3 is 11.5 Å². The minimum atomic E-state index is -0.925. The van der Waals surface area contributed by atoms with E-state index in [2.05, 4.69) is 10.5 Å².